The van der Waals surface area contributed by atoms with Gasteiger partial charge in [0.05, 0.1) is 0 Å². The fourth-order valence-corrected chi connectivity index (χ4v) is 3.93. The number of nitrogens with zero attached hydrogens (tertiary/aromatic N) is 2. The second-order valence-corrected chi connectivity index (χ2v) is 8.67. The van der Waals surface area contributed by atoms with E-state index in [-0.39, 0.29) is 11.4 Å². The van der Waals surface area contributed by atoms with Gasteiger partial charge in [-0.3, -0.25) is 28.5 Å². The Balaban J connectivity index is 2.00. The van der Waals surface area contributed by atoms with Gasteiger partial charge in [0.2, 0.25) is 0 Å². The summed E-state index contributed by atoms with van der Waals surface area (Å²) in [7, 11) is 0. The van der Waals surface area contributed by atoms with Crippen LogP contribution in [0.1, 0.15) is 44.3 Å². The third kappa shape index (κ3) is 7.63. The number of nitrogen functional groups attached to an aromatic ring is 1. The Kier molecular flexibility index (Phi) is 9.55. The van der Waals surface area contributed by atoms with Gasteiger partial charge in [-0.05, 0) is 30.3 Å². The van der Waals surface area contributed by atoms with Gasteiger partial charge in [0.1, 0.15) is 18.5 Å². The highest BCUT2D eigenvalue weighted by molar-refractivity contribution is 6.03. The third-order valence-corrected chi connectivity index (χ3v) is 5.48. The molecule has 0 aliphatic carbocycles. The molecule has 15 nitrogen and oxygen atoms in total. The van der Waals surface area contributed by atoms with Crippen LogP contribution in [-0.4, -0.2) is 70.4 Å². The van der Waals surface area contributed by atoms with Crippen molar-refractivity contribution in [3.8, 4) is 0 Å². The number of nitrogens with one attached hydrogen (secondary N) is 1. The summed E-state index contributed by atoms with van der Waals surface area (Å²) in [6, 6.07) is 7.33. The molecule has 5 atom stereocenters. The van der Waals surface area contributed by atoms with Crippen molar-refractivity contribution in [3.05, 3.63) is 52.6 Å². The Morgan fingerprint density at radius 3 is 2.00 bits per heavy atom. The van der Waals surface area contributed by atoms with Crippen LogP contribution in [0.5, 0.6) is 0 Å². The van der Waals surface area contributed by atoms with E-state index in [0.29, 0.717) is 5.69 Å². The molecule has 1 amide bonds. The normalized spacial score (nSPS) is 21.9. The molecule has 1 saturated heterocycles. The Bertz CT molecular complexity index is 1340. The smallest absolute Gasteiger partial charge is 0.351 e. The molecule has 0 radical (unpaired) electrons. The lowest BCUT2D eigenvalue weighted by molar-refractivity contribution is -0.269. The SMILES string of the molecule is CC(=O)OCC1OC(n2ccc(NC(=O)c3ccc(N)cc3)nc2=O)C(OC(C)=O)C(OC(C)=O)C1OC(C)=O. The summed E-state index contributed by atoms with van der Waals surface area (Å²) in [6.07, 6.45) is -5.90. The summed E-state index contributed by atoms with van der Waals surface area (Å²) in [6.45, 7) is 3.91. The number of carbonyl (C=O) groups excluding carboxylic acids is 5. The van der Waals surface area contributed by atoms with Gasteiger partial charge in [-0.15, -0.1) is 0 Å². The maximum atomic E-state index is 13.1. The molecular weight excluding hydrogens is 532 g/mol. The van der Waals surface area contributed by atoms with Crippen molar-refractivity contribution < 1.29 is 47.7 Å². The number of carbonyl (C=O) groups is 5. The van der Waals surface area contributed by atoms with Crippen molar-refractivity contribution >= 4 is 41.3 Å². The van der Waals surface area contributed by atoms with E-state index < -0.39 is 72.7 Å². The molecular formula is C25H28N4O11. The highest BCUT2D eigenvalue weighted by Gasteiger charge is 2.53. The van der Waals surface area contributed by atoms with Crippen LogP contribution in [0.25, 0.3) is 0 Å². The molecule has 2 aromatic rings. The second-order valence-electron chi connectivity index (χ2n) is 8.67. The molecule has 0 bridgehead atoms. The Labute approximate surface area is 227 Å². The van der Waals surface area contributed by atoms with E-state index in [1.165, 1.54) is 36.5 Å². The Morgan fingerprint density at radius 1 is 0.875 bits per heavy atom. The first kappa shape index (κ1) is 29.8. The van der Waals surface area contributed by atoms with Crippen molar-refractivity contribution in [1.29, 1.82) is 0 Å². The highest BCUT2D eigenvalue weighted by atomic mass is 16.7. The summed E-state index contributed by atoms with van der Waals surface area (Å²) >= 11 is 0. The number of hydrogen-bond donors (Lipinski definition) is 2. The molecule has 2 heterocycles. The molecule has 40 heavy (non-hydrogen) atoms. The van der Waals surface area contributed by atoms with Crippen molar-refractivity contribution in [2.75, 3.05) is 17.7 Å². The first-order chi connectivity index (χ1) is 18.8. The molecule has 0 spiro atoms. The maximum absolute atomic E-state index is 13.1. The molecule has 3 N–H and O–H groups in total. The lowest BCUT2D eigenvalue weighted by atomic mass is 9.97. The molecule has 3 rings (SSSR count). The number of rotatable bonds is 8. The van der Waals surface area contributed by atoms with E-state index in [4.69, 9.17) is 29.4 Å². The number of benzene rings is 1. The summed E-state index contributed by atoms with van der Waals surface area (Å²) in [5.41, 5.74) is 5.41. The number of nitrogens with two attached hydrogens (primary N) is 1. The summed E-state index contributed by atoms with van der Waals surface area (Å²) in [5, 5.41) is 2.48. The van der Waals surface area contributed by atoms with E-state index in [1.54, 1.807) is 0 Å². The average molecular weight is 561 g/mol. The number of aromatic nitrogens is 2. The molecule has 1 aliphatic heterocycles. The Hall–Kier alpha value is -4.79. The zero-order valence-electron chi connectivity index (χ0n) is 22.0. The molecule has 214 valence electrons. The fraction of sp³-hybridized carbons (Fsp3) is 0.400. The number of hydrogen-bond acceptors (Lipinski definition) is 13. The molecule has 1 fully saturated rings. The second kappa shape index (κ2) is 12.8. The predicted molar refractivity (Wildman–Crippen MR) is 135 cm³/mol. The zero-order valence-corrected chi connectivity index (χ0v) is 22.0. The summed E-state index contributed by atoms with van der Waals surface area (Å²) in [4.78, 5) is 76.8. The quantitative estimate of drug-likeness (QED) is 0.254. The van der Waals surface area contributed by atoms with Gasteiger partial charge < -0.3 is 34.7 Å². The number of amides is 1. The van der Waals surface area contributed by atoms with Gasteiger partial charge in [0.25, 0.3) is 5.91 Å². The molecule has 1 aromatic heterocycles. The molecule has 0 saturated carbocycles. The average Bonchev–Trinajstić information content (AvgIpc) is 2.85. The van der Waals surface area contributed by atoms with Crippen LogP contribution in [0, 0.1) is 0 Å². The summed E-state index contributed by atoms with van der Waals surface area (Å²) < 4.78 is 27.9. The van der Waals surface area contributed by atoms with Gasteiger partial charge >= 0.3 is 29.6 Å². The largest absolute Gasteiger partial charge is 0.463 e. The van der Waals surface area contributed by atoms with Gasteiger partial charge in [0.15, 0.2) is 24.5 Å². The maximum Gasteiger partial charge on any atom is 0.351 e. The first-order valence-corrected chi connectivity index (χ1v) is 11.9. The van der Waals surface area contributed by atoms with Crippen LogP contribution in [-0.2, 0) is 42.9 Å². The van der Waals surface area contributed by atoms with Gasteiger partial charge in [-0.2, -0.15) is 4.98 Å². The van der Waals surface area contributed by atoms with Crippen molar-refractivity contribution in [1.82, 2.24) is 9.55 Å². The first-order valence-electron chi connectivity index (χ1n) is 11.9. The van der Waals surface area contributed by atoms with Crippen LogP contribution >= 0.6 is 0 Å². The van der Waals surface area contributed by atoms with E-state index in [9.17, 15) is 28.8 Å². The fourth-order valence-electron chi connectivity index (χ4n) is 3.93. The van der Waals surface area contributed by atoms with Crippen LogP contribution in [0.2, 0.25) is 0 Å². The Morgan fingerprint density at radius 2 is 1.45 bits per heavy atom. The van der Waals surface area contributed by atoms with Crippen LogP contribution in [0.3, 0.4) is 0 Å². The third-order valence-electron chi connectivity index (χ3n) is 5.48. The van der Waals surface area contributed by atoms with Crippen LogP contribution in [0.15, 0.2) is 41.3 Å². The van der Waals surface area contributed by atoms with E-state index >= 15 is 0 Å². The van der Waals surface area contributed by atoms with Crippen LogP contribution < -0.4 is 16.7 Å². The van der Waals surface area contributed by atoms with E-state index in [2.05, 4.69) is 10.3 Å². The lowest BCUT2D eigenvalue weighted by Crippen LogP contribution is -2.61. The zero-order chi connectivity index (χ0) is 29.6. The van der Waals surface area contributed by atoms with Gasteiger partial charge in [-0.1, -0.05) is 0 Å². The minimum atomic E-state index is -1.51. The highest BCUT2D eigenvalue weighted by Crippen LogP contribution is 2.34. The van der Waals surface area contributed by atoms with Gasteiger partial charge in [0, 0.05) is 45.1 Å². The monoisotopic (exact) mass is 560 g/mol. The minimum Gasteiger partial charge on any atom is -0.463 e. The van der Waals surface area contributed by atoms with Crippen molar-refractivity contribution in [3.63, 3.8) is 0 Å². The topological polar surface area (TPSA) is 204 Å². The van der Waals surface area contributed by atoms with E-state index in [1.807, 2.05) is 0 Å². The predicted octanol–water partition coefficient (Wildman–Crippen LogP) is 0.333. The number of anilines is 2. The molecule has 15 heteroatoms. The summed E-state index contributed by atoms with van der Waals surface area (Å²) in [5.74, 6) is -3.79. The minimum absolute atomic E-state index is 0.103. The number of esters is 4. The molecule has 5 unspecified atom stereocenters. The van der Waals surface area contributed by atoms with Crippen molar-refractivity contribution in [2.24, 2.45) is 0 Å². The van der Waals surface area contributed by atoms with E-state index in [0.717, 1.165) is 32.3 Å². The lowest BCUT2D eigenvalue weighted by Gasteiger charge is -2.44. The van der Waals surface area contributed by atoms with Crippen LogP contribution in [0.4, 0.5) is 11.5 Å². The molecule has 1 aromatic carbocycles. The number of ether oxygens (including phenoxy) is 5. The van der Waals surface area contributed by atoms with Gasteiger partial charge in [-0.25, -0.2) is 4.79 Å². The van der Waals surface area contributed by atoms with Crippen molar-refractivity contribution in [2.45, 2.75) is 58.3 Å². The standard InChI is InChI=1S/C25H28N4O11/c1-12(30)36-11-18-20(37-13(2)31)21(38-14(3)32)22(39-15(4)33)24(40-18)29-10-9-19(28-25(29)35)27-23(34)16-5-7-17(26)8-6-16/h5-10,18,20-22,24H,11,26H2,1-4H3,(H,27,28,34,35). The molecule has 1 aliphatic rings.